The molecule has 0 aliphatic rings. The first kappa shape index (κ1) is 17.4. The van der Waals surface area contributed by atoms with Crippen molar-refractivity contribution in [3.8, 4) is 5.75 Å². The zero-order valence-corrected chi connectivity index (χ0v) is 13.2. The van der Waals surface area contributed by atoms with Gasteiger partial charge in [0.25, 0.3) is 11.8 Å². The fraction of sp³-hybridized carbons (Fsp3) is 0.176. The first-order valence-electron chi connectivity index (χ1n) is 7.11. The molecule has 2 N–H and O–H groups in total. The number of carbonyl (C=O) groups is 2. The van der Waals surface area contributed by atoms with E-state index in [2.05, 4.69) is 5.43 Å². The van der Waals surface area contributed by atoms with Crippen LogP contribution in [0.5, 0.6) is 5.75 Å². The highest BCUT2D eigenvalue weighted by Crippen LogP contribution is 2.16. The van der Waals surface area contributed by atoms with Crippen LogP contribution < -0.4 is 15.6 Å². The molecule has 0 aliphatic carbocycles. The summed E-state index contributed by atoms with van der Waals surface area (Å²) in [7, 11) is 0. The van der Waals surface area contributed by atoms with Gasteiger partial charge in [-0.05, 0) is 55.3 Å². The van der Waals surface area contributed by atoms with E-state index in [0.29, 0.717) is 5.75 Å². The van der Waals surface area contributed by atoms with E-state index in [1.807, 2.05) is 25.3 Å². The molecule has 0 bridgehead atoms. The van der Waals surface area contributed by atoms with E-state index >= 15 is 0 Å². The number of ether oxygens (including phenoxy) is 1. The summed E-state index contributed by atoms with van der Waals surface area (Å²) >= 11 is 0. The molecule has 2 aromatic rings. The molecule has 0 fully saturated rings. The molecule has 0 heterocycles. The van der Waals surface area contributed by atoms with Crippen LogP contribution in [0.2, 0.25) is 0 Å². The molecule has 0 aromatic heterocycles. The van der Waals surface area contributed by atoms with Crippen LogP contribution >= 0.6 is 0 Å². The number of benzene rings is 2. The van der Waals surface area contributed by atoms with Crippen molar-refractivity contribution in [2.75, 3.05) is 6.61 Å². The predicted molar refractivity (Wildman–Crippen MR) is 83.4 cm³/mol. The summed E-state index contributed by atoms with van der Waals surface area (Å²) in [6.45, 7) is 3.53. The van der Waals surface area contributed by atoms with Crippen molar-refractivity contribution in [3.63, 3.8) is 0 Å². The molecule has 0 unspecified atom stereocenters. The molecule has 0 saturated carbocycles. The molecule has 2 rings (SSSR count). The molecule has 0 aliphatic heterocycles. The van der Waals surface area contributed by atoms with Gasteiger partial charge in [0.05, 0.1) is 5.56 Å². The number of hydrazine groups is 1. The predicted octanol–water partition coefficient (Wildman–Crippen LogP) is 2.42. The Kier molecular flexibility index (Phi) is 5.47. The highest BCUT2D eigenvalue weighted by Gasteiger charge is 2.13. The first-order chi connectivity index (χ1) is 11.4. The van der Waals surface area contributed by atoms with Crippen LogP contribution in [-0.2, 0) is 4.79 Å². The van der Waals surface area contributed by atoms with Crippen LogP contribution in [0.4, 0.5) is 8.78 Å². The highest BCUT2D eigenvalue weighted by molar-refractivity contribution is 5.95. The van der Waals surface area contributed by atoms with Crippen molar-refractivity contribution < 1.29 is 23.1 Å². The summed E-state index contributed by atoms with van der Waals surface area (Å²) in [6.07, 6.45) is 0. The van der Waals surface area contributed by atoms with Gasteiger partial charge in [0.15, 0.2) is 6.61 Å². The van der Waals surface area contributed by atoms with Gasteiger partial charge in [-0.1, -0.05) is 6.07 Å². The second-order valence-corrected chi connectivity index (χ2v) is 5.16. The van der Waals surface area contributed by atoms with Gasteiger partial charge in [-0.15, -0.1) is 0 Å². The van der Waals surface area contributed by atoms with E-state index in [0.717, 1.165) is 29.3 Å². The van der Waals surface area contributed by atoms with Gasteiger partial charge in [0, 0.05) is 0 Å². The lowest BCUT2D eigenvalue weighted by Crippen LogP contribution is -2.44. The largest absolute Gasteiger partial charge is 0.484 e. The van der Waals surface area contributed by atoms with E-state index in [9.17, 15) is 18.4 Å². The lowest BCUT2D eigenvalue weighted by Gasteiger charge is -2.10. The minimum Gasteiger partial charge on any atom is -0.484 e. The number of hydrogen-bond acceptors (Lipinski definition) is 3. The van der Waals surface area contributed by atoms with E-state index in [-0.39, 0.29) is 6.61 Å². The standard InChI is InChI=1S/C17H16F2N2O3/c1-10-3-5-13(7-11(10)2)24-9-16(22)20-21-17(23)14-8-12(18)4-6-15(14)19/h3-8H,9H2,1-2H3,(H,20,22)(H,21,23). The summed E-state index contributed by atoms with van der Waals surface area (Å²) in [5.41, 5.74) is 5.67. The second-order valence-electron chi connectivity index (χ2n) is 5.16. The van der Waals surface area contributed by atoms with Crippen LogP contribution in [0.3, 0.4) is 0 Å². The summed E-state index contributed by atoms with van der Waals surface area (Å²) in [5.74, 6) is -2.75. The Bertz CT molecular complexity index is 778. The maximum atomic E-state index is 13.4. The summed E-state index contributed by atoms with van der Waals surface area (Å²) in [4.78, 5) is 23.3. The summed E-state index contributed by atoms with van der Waals surface area (Å²) in [5, 5.41) is 0. The molecule has 2 amide bonds. The minimum absolute atomic E-state index is 0.339. The average molecular weight is 334 g/mol. The molecular formula is C17H16F2N2O3. The number of halogens is 2. The fourth-order valence-electron chi connectivity index (χ4n) is 1.85. The Morgan fingerprint density at radius 3 is 2.46 bits per heavy atom. The van der Waals surface area contributed by atoms with Crippen molar-refractivity contribution >= 4 is 11.8 Å². The van der Waals surface area contributed by atoms with Crippen molar-refractivity contribution in [1.29, 1.82) is 0 Å². The molecule has 5 nitrogen and oxygen atoms in total. The van der Waals surface area contributed by atoms with Gasteiger partial charge in [0.2, 0.25) is 0 Å². The van der Waals surface area contributed by atoms with Gasteiger partial charge in [-0.25, -0.2) is 8.78 Å². The molecule has 0 radical (unpaired) electrons. The average Bonchev–Trinajstić information content (AvgIpc) is 2.56. The topological polar surface area (TPSA) is 67.4 Å². The van der Waals surface area contributed by atoms with Crippen LogP contribution in [0.15, 0.2) is 36.4 Å². The third-order valence-electron chi connectivity index (χ3n) is 3.34. The molecule has 0 spiro atoms. The maximum Gasteiger partial charge on any atom is 0.276 e. The van der Waals surface area contributed by atoms with Gasteiger partial charge >= 0.3 is 0 Å². The van der Waals surface area contributed by atoms with Crippen LogP contribution in [0.1, 0.15) is 21.5 Å². The third-order valence-corrected chi connectivity index (χ3v) is 3.34. The Balaban J connectivity index is 1.85. The summed E-state index contributed by atoms with van der Waals surface area (Å²) in [6, 6.07) is 7.82. The monoisotopic (exact) mass is 334 g/mol. The third kappa shape index (κ3) is 4.52. The smallest absolute Gasteiger partial charge is 0.276 e. The zero-order chi connectivity index (χ0) is 17.7. The molecule has 2 aromatic carbocycles. The lowest BCUT2D eigenvalue weighted by molar-refractivity contribution is -0.123. The van der Waals surface area contributed by atoms with Crippen molar-refractivity contribution in [1.82, 2.24) is 10.9 Å². The van der Waals surface area contributed by atoms with Crippen molar-refractivity contribution in [2.24, 2.45) is 0 Å². The Morgan fingerprint density at radius 2 is 1.75 bits per heavy atom. The first-order valence-corrected chi connectivity index (χ1v) is 7.11. The second kappa shape index (κ2) is 7.54. The van der Waals surface area contributed by atoms with Gasteiger partial charge in [-0.2, -0.15) is 0 Å². The lowest BCUT2D eigenvalue weighted by atomic mass is 10.1. The molecule has 24 heavy (non-hydrogen) atoms. The fourth-order valence-corrected chi connectivity index (χ4v) is 1.85. The van der Waals surface area contributed by atoms with Gasteiger partial charge in [0.1, 0.15) is 17.4 Å². The number of carbonyl (C=O) groups excluding carboxylic acids is 2. The molecular weight excluding hydrogens is 318 g/mol. The zero-order valence-electron chi connectivity index (χ0n) is 13.2. The summed E-state index contributed by atoms with van der Waals surface area (Å²) < 4.78 is 31.7. The van der Waals surface area contributed by atoms with Crippen LogP contribution in [-0.4, -0.2) is 18.4 Å². The minimum atomic E-state index is -0.966. The highest BCUT2D eigenvalue weighted by atomic mass is 19.1. The molecule has 0 saturated heterocycles. The Labute approximate surface area is 137 Å². The van der Waals surface area contributed by atoms with E-state index < -0.39 is 29.0 Å². The Morgan fingerprint density at radius 1 is 1.00 bits per heavy atom. The number of aryl methyl sites for hydroxylation is 2. The van der Waals surface area contributed by atoms with E-state index in [1.54, 1.807) is 12.1 Å². The van der Waals surface area contributed by atoms with Crippen LogP contribution in [0, 0.1) is 25.5 Å². The number of hydrogen-bond donors (Lipinski definition) is 2. The van der Waals surface area contributed by atoms with Gasteiger partial charge in [-0.3, -0.25) is 20.4 Å². The van der Waals surface area contributed by atoms with E-state index in [1.165, 1.54) is 0 Å². The number of rotatable bonds is 4. The number of amides is 2. The van der Waals surface area contributed by atoms with Crippen molar-refractivity contribution in [2.45, 2.75) is 13.8 Å². The van der Waals surface area contributed by atoms with Gasteiger partial charge < -0.3 is 4.74 Å². The van der Waals surface area contributed by atoms with Crippen LogP contribution in [0.25, 0.3) is 0 Å². The number of nitrogens with one attached hydrogen (secondary N) is 2. The SMILES string of the molecule is Cc1ccc(OCC(=O)NNC(=O)c2cc(F)ccc2F)cc1C. The Hall–Kier alpha value is -2.96. The maximum absolute atomic E-state index is 13.4. The normalized spacial score (nSPS) is 10.2. The molecule has 7 heteroatoms. The molecule has 0 atom stereocenters. The van der Waals surface area contributed by atoms with Crippen molar-refractivity contribution in [3.05, 3.63) is 64.7 Å². The molecule has 126 valence electrons. The quantitative estimate of drug-likeness (QED) is 0.844. The van der Waals surface area contributed by atoms with E-state index in [4.69, 9.17) is 4.74 Å².